The molecule has 0 unspecified atom stereocenters. The summed E-state index contributed by atoms with van der Waals surface area (Å²) in [5.41, 5.74) is 28.9. The van der Waals surface area contributed by atoms with Gasteiger partial charge in [-0.1, -0.05) is 327 Å². The Morgan fingerprint density at radius 3 is 1.39 bits per heavy atom. The third-order valence-corrected chi connectivity index (χ3v) is 23.7. The summed E-state index contributed by atoms with van der Waals surface area (Å²) in [4.78, 5) is 4.88. The number of nitrogens with zero attached hydrogens (tertiary/aromatic N) is 3. The molecular formula is C104H78BN3S. The molecule has 0 amide bonds. The minimum atomic E-state index is -0.498. The number of aromatic nitrogens is 1. The maximum Gasteiger partial charge on any atom is 0.252 e. The molecule has 2 aromatic heterocycles. The van der Waals surface area contributed by atoms with E-state index in [1.807, 2.05) is 11.3 Å². The highest BCUT2D eigenvalue weighted by Crippen LogP contribution is 2.54. The fraction of sp³-hybridized carbons (Fsp3) is 0.0769. The second-order valence-corrected chi connectivity index (χ2v) is 32.3. The highest BCUT2D eigenvalue weighted by molar-refractivity contribution is 7.25. The van der Waals surface area contributed by atoms with E-state index >= 15 is 0 Å². The molecule has 16 aromatic carbocycles. The summed E-state index contributed by atoms with van der Waals surface area (Å²) in [6.45, 7) is 13.3. The van der Waals surface area contributed by atoms with Gasteiger partial charge in [0.25, 0.3) is 6.71 Å². The maximum absolute atomic E-state index is 10.0. The molecule has 109 heavy (non-hydrogen) atoms. The van der Waals surface area contributed by atoms with Crippen LogP contribution >= 0.6 is 11.3 Å². The van der Waals surface area contributed by atoms with Crippen LogP contribution in [0.1, 0.15) is 59.5 Å². The van der Waals surface area contributed by atoms with Crippen molar-refractivity contribution in [1.82, 2.24) is 4.57 Å². The number of anilines is 6. The van der Waals surface area contributed by atoms with Crippen LogP contribution in [-0.2, 0) is 10.8 Å². The average molecular weight is 1420 g/mol. The van der Waals surface area contributed by atoms with E-state index in [-0.39, 0.29) is 28.5 Å². The molecule has 0 saturated carbocycles. The summed E-state index contributed by atoms with van der Waals surface area (Å²) >= 11 is 1.83. The summed E-state index contributed by atoms with van der Waals surface area (Å²) < 4.78 is 53.0. The average Bonchev–Trinajstić information content (AvgIpc) is 0.878. The minimum absolute atomic E-state index is 0.108. The Balaban J connectivity index is 0.963. The van der Waals surface area contributed by atoms with E-state index in [1.54, 1.807) is 0 Å². The summed E-state index contributed by atoms with van der Waals surface area (Å²) in [5, 5.41) is 4.82. The number of benzene rings is 16. The summed E-state index contributed by atoms with van der Waals surface area (Å²) in [6.07, 6.45) is 0. The fourth-order valence-electron chi connectivity index (χ4n) is 17.2. The van der Waals surface area contributed by atoms with E-state index in [0.29, 0.717) is 5.56 Å². The van der Waals surface area contributed by atoms with Gasteiger partial charge in [-0.2, -0.15) is 0 Å². The van der Waals surface area contributed by atoms with Crippen molar-refractivity contribution in [2.45, 2.75) is 52.4 Å². The lowest BCUT2D eigenvalue weighted by Crippen LogP contribution is -2.61. The first-order valence-electron chi connectivity index (χ1n) is 40.2. The normalized spacial score (nSPS) is 13.3. The first kappa shape index (κ1) is 60.3. The van der Waals surface area contributed by atoms with Gasteiger partial charge in [-0.3, -0.25) is 0 Å². The number of thiophene rings is 1. The van der Waals surface area contributed by atoms with Crippen molar-refractivity contribution < 1.29 is 6.85 Å². The van der Waals surface area contributed by atoms with Crippen LogP contribution < -0.4 is 26.2 Å². The number of rotatable bonds is 11. The molecule has 0 saturated heterocycles. The number of para-hydroxylation sites is 1. The Bertz CT molecular complexity index is 6730. The molecule has 20 rings (SSSR count). The molecule has 518 valence electrons. The second kappa shape index (κ2) is 26.0. The van der Waals surface area contributed by atoms with Crippen LogP contribution in [0.4, 0.5) is 34.1 Å². The van der Waals surface area contributed by atoms with Crippen LogP contribution in [0.3, 0.4) is 0 Å². The smallest absolute Gasteiger partial charge is 0.252 e. The molecule has 0 radical (unpaired) electrons. The Morgan fingerprint density at radius 2 is 0.789 bits per heavy atom. The van der Waals surface area contributed by atoms with Crippen molar-refractivity contribution in [3.63, 3.8) is 0 Å². The zero-order chi connectivity index (χ0) is 77.6. The Morgan fingerprint density at radius 1 is 0.294 bits per heavy atom. The highest BCUT2D eigenvalue weighted by Gasteiger charge is 2.45. The van der Waals surface area contributed by atoms with Gasteiger partial charge in [-0.25, -0.2) is 0 Å². The van der Waals surface area contributed by atoms with Gasteiger partial charge >= 0.3 is 0 Å². The standard InChI is InChI=1S/C104H78BN3S/c1-103(2,3)79-50-52-85-86-53-51-80(104(4,5)6)66-94(86)107(93(85)65-79)92-45-28-42-82(74-49-56-99-88(60-74)87-41-25-26-46-98(87)109-99)100(92)75-48-55-91-90(61-75)105-89-54-47-73(67-29-13-7-14-30-67)62-95(89)108(102-83(71-37-21-11-22-38-71)43-27-44-84(102)72-39-23-12-24-40-72)97-64-78(70-35-19-10-20-36-70)63-96(101(97)105)106(91)81-58-76(68-31-15-8-16-32-68)57-77(59-81)69-33-17-9-18-34-69/h7-66H,1-6H3/i10D,19D,20D,35D,36D. The third kappa shape index (κ3) is 11.2. The molecule has 18 aromatic rings. The van der Waals surface area contributed by atoms with Crippen LogP contribution in [0, 0.1) is 0 Å². The molecule has 0 fully saturated rings. The van der Waals surface area contributed by atoms with Crippen LogP contribution in [-0.4, -0.2) is 11.3 Å². The molecule has 5 heteroatoms. The van der Waals surface area contributed by atoms with Gasteiger partial charge in [0, 0.05) is 76.1 Å². The number of hydrogen-bond acceptors (Lipinski definition) is 3. The molecule has 0 aliphatic carbocycles. The second-order valence-electron chi connectivity index (χ2n) is 31.2. The molecule has 0 bridgehead atoms. The van der Waals surface area contributed by atoms with E-state index in [0.717, 1.165) is 145 Å². The molecule has 2 aliphatic rings. The monoisotopic (exact) mass is 1420 g/mol. The third-order valence-electron chi connectivity index (χ3n) is 22.5. The first-order chi connectivity index (χ1) is 55.4. The number of hydrogen-bond donors (Lipinski definition) is 0. The highest BCUT2D eigenvalue weighted by atomic mass is 32.1. The molecule has 0 N–H and O–H groups in total. The van der Waals surface area contributed by atoms with E-state index in [9.17, 15) is 5.48 Å². The minimum Gasteiger partial charge on any atom is -0.311 e. The fourth-order valence-corrected chi connectivity index (χ4v) is 18.3. The van der Waals surface area contributed by atoms with E-state index in [4.69, 9.17) is 1.37 Å². The molecule has 3 nitrogen and oxygen atoms in total. The van der Waals surface area contributed by atoms with Crippen molar-refractivity contribution in [2.24, 2.45) is 0 Å². The summed E-state index contributed by atoms with van der Waals surface area (Å²) in [7, 11) is 0. The zero-order valence-corrected chi connectivity index (χ0v) is 62.4. The van der Waals surface area contributed by atoms with Crippen molar-refractivity contribution in [3.8, 4) is 94.7 Å². The van der Waals surface area contributed by atoms with Crippen LogP contribution in [0.15, 0.2) is 364 Å². The molecule has 0 spiro atoms. The molecule has 0 atom stereocenters. The largest absolute Gasteiger partial charge is 0.311 e. The van der Waals surface area contributed by atoms with Gasteiger partial charge in [0.1, 0.15) is 0 Å². The Kier molecular flexibility index (Phi) is 14.4. The van der Waals surface area contributed by atoms with Crippen LogP contribution in [0.25, 0.3) is 137 Å². The molecular weight excluding hydrogens is 1330 g/mol. The van der Waals surface area contributed by atoms with Gasteiger partial charge in [-0.15, -0.1) is 11.3 Å². The van der Waals surface area contributed by atoms with E-state index < -0.39 is 24.8 Å². The molecule has 4 heterocycles. The first-order valence-corrected chi connectivity index (χ1v) is 38.5. The lowest BCUT2D eigenvalue weighted by molar-refractivity contribution is 0.591. The number of fused-ring (bicyclic) bond motifs is 10. The van der Waals surface area contributed by atoms with Gasteiger partial charge in [0.2, 0.25) is 0 Å². The Labute approximate surface area is 649 Å². The molecule has 2 aliphatic heterocycles. The predicted molar refractivity (Wildman–Crippen MR) is 469 cm³/mol. The SMILES string of the molecule is [2H]c1c([2H])c([2H])c(-c2cc3c4c(c2)N(c2c(-c5ccccc5)cccc2-c2ccccc2)c2cc(-c5ccccc5)ccc2B4c2cc(-c4c(-c5ccc6sc7ccccc7c6c5)cccc4-n4c5cc(C(C)(C)C)ccc5c5ccc(C(C)(C)C)cc54)ccc2N3c2cc(-c3ccccc3)cc(-c3ccccc3)c2)c([2H])c1[2H]. The summed E-state index contributed by atoms with van der Waals surface area (Å²) in [5.74, 6) is 0. The predicted octanol–water partition coefficient (Wildman–Crippen LogP) is 27.2. The topological polar surface area (TPSA) is 11.4 Å². The quantitative estimate of drug-likeness (QED) is 0.120. The zero-order valence-electron chi connectivity index (χ0n) is 66.6. The van der Waals surface area contributed by atoms with Crippen molar-refractivity contribution >= 4 is 111 Å². The van der Waals surface area contributed by atoms with Crippen molar-refractivity contribution in [3.05, 3.63) is 375 Å². The Hall–Kier alpha value is -12.8. The van der Waals surface area contributed by atoms with Crippen LogP contribution in [0.2, 0.25) is 0 Å². The van der Waals surface area contributed by atoms with Gasteiger partial charge in [0.15, 0.2) is 0 Å². The van der Waals surface area contributed by atoms with Gasteiger partial charge in [-0.05, 0) is 190 Å². The summed E-state index contributed by atoms with van der Waals surface area (Å²) in [6, 6.07) is 120. The van der Waals surface area contributed by atoms with Gasteiger partial charge in [0.05, 0.1) is 29.3 Å². The van der Waals surface area contributed by atoms with Crippen molar-refractivity contribution in [1.29, 1.82) is 0 Å². The lowest BCUT2D eigenvalue weighted by Gasteiger charge is -2.45. The van der Waals surface area contributed by atoms with Crippen molar-refractivity contribution in [2.75, 3.05) is 9.80 Å². The lowest BCUT2D eigenvalue weighted by atomic mass is 9.33. The van der Waals surface area contributed by atoms with E-state index in [2.05, 4.69) is 390 Å². The van der Waals surface area contributed by atoms with Gasteiger partial charge < -0.3 is 14.4 Å². The maximum atomic E-state index is 10.0. The van der Waals surface area contributed by atoms with Crippen LogP contribution in [0.5, 0.6) is 0 Å². The van der Waals surface area contributed by atoms with E-state index in [1.165, 1.54) is 42.1 Å².